The largest absolute Gasteiger partial charge is 0.367 e. The van der Waals surface area contributed by atoms with Crippen LogP contribution in [0, 0.1) is 0 Å². The lowest BCUT2D eigenvalue weighted by Gasteiger charge is -2.05. The van der Waals surface area contributed by atoms with E-state index >= 15 is 0 Å². The Morgan fingerprint density at radius 1 is 1.00 bits per heavy atom. The van der Waals surface area contributed by atoms with Gasteiger partial charge in [0.2, 0.25) is 11.8 Å². The molecule has 2 aromatic rings. The van der Waals surface area contributed by atoms with E-state index in [1.807, 2.05) is 0 Å². The number of hydrogen-bond acceptors (Lipinski definition) is 11. The first-order valence-electron chi connectivity index (χ1n) is 6.76. The normalized spacial score (nSPS) is 9.88. The van der Waals surface area contributed by atoms with E-state index < -0.39 is 6.29 Å². The van der Waals surface area contributed by atoms with E-state index in [9.17, 15) is 14.4 Å². The van der Waals surface area contributed by atoms with Gasteiger partial charge in [0.15, 0.2) is 6.29 Å². The molecule has 15 heteroatoms. The summed E-state index contributed by atoms with van der Waals surface area (Å²) in [6.45, 7) is -0.206. The van der Waals surface area contributed by atoms with Gasteiger partial charge in [-0.05, 0) is 20.9 Å². The van der Waals surface area contributed by atoms with Crippen molar-refractivity contribution in [1.29, 1.82) is 0 Å². The first-order chi connectivity index (χ1) is 12.0. The molecular weight excluding hydrogens is 340 g/mol. The van der Waals surface area contributed by atoms with Crippen LogP contribution >= 0.6 is 0 Å². The van der Waals surface area contributed by atoms with Gasteiger partial charge in [0.1, 0.15) is 32.0 Å². The van der Waals surface area contributed by atoms with Crippen LogP contribution in [0.3, 0.4) is 0 Å². The molecule has 4 N–H and O–H groups in total. The zero-order valence-corrected chi connectivity index (χ0v) is 12.8. The smallest absolute Gasteiger partial charge is 0.242 e. The maximum atomic E-state index is 11.0. The van der Waals surface area contributed by atoms with Gasteiger partial charge >= 0.3 is 0 Å². The molecule has 0 unspecified atom stereocenters. The monoisotopic (exact) mass is 356 g/mol. The number of nitrogens with one attached hydrogen (secondary N) is 2. The molecule has 2 aromatic heterocycles. The van der Waals surface area contributed by atoms with Crippen LogP contribution in [0.5, 0.6) is 0 Å². The molecular formula is C10H16N10O5. The third-order valence-corrected chi connectivity index (χ3v) is 2.26. The van der Waals surface area contributed by atoms with Crippen molar-refractivity contribution in [2.45, 2.75) is 19.4 Å². The van der Waals surface area contributed by atoms with Crippen molar-refractivity contribution in [3.63, 3.8) is 0 Å². The predicted molar refractivity (Wildman–Crippen MR) is 75.9 cm³/mol. The van der Waals surface area contributed by atoms with Gasteiger partial charge in [-0.3, -0.25) is 9.59 Å². The Labute approximate surface area is 140 Å². The summed E-state index contributed by atoms with van der Waals surface area (Å²) < 4.78 is 2.49. The summed E-state index contributed by atoms with van der Waals surface area (Å²) in [5.41, 5.74) is 0. The van der Waals surface area contributed by atoms with Crippen LogP contribution in [0.15, 0.2) is 12.7 Å². The maximum Gasteiger partial charge on any atom is 0.242 e. The fraction of sp³-hybridized carbons (Fsp3) is 0.500. The molecule has 25 heavy (non-hydrogen) atoms. The molecule has 0 aliphatic heterocycles. The first kappa shape index (κ1) is 19.7. The number of aliphatic hydroxyl groups is 2. The van der Waals surface area contributed by atoms with Gasteiger partial charge in [0.25, 0.3) is 0 Å². The van der Waals surface area contributed by atoms with E-state index in [2.05, 4.69) is 41.7 Å². The fourth-order valence-electron chi connectivity index (χ4n) is 1.27. The predicted octanol–water partition coefficient (Wildman–Crippen LogP) is -4.91. The van der Waals surface area contributed by atoms with Gasteiger partial charge in [0, 0.05) is 0 Å². The quantitative estimate of drug-likeness (QED) is 0.260. The molecule has 0 saturated carbocycles. The SMILES string of the molecule is O=C(Cn1cnnn1)NCC(O)O.O=CCNC(=O)Cn1cnnn1. The molecule has 0 saturated heterocycles. The van der Waals surface area contributed by atoms with Crippen molar-refractivity contribution >= 4 is 18.1 Å². The molecule has 2 amide bonds. The molecule has 0 aliphatic carbocycles. The topological polar surface area (TPSA) is 203 Å². The van der Waals surface area contributed by atoms with Crippen LogP contribution in [-0.2, 0) is 27.5 Å². The third-order valence-electron chi connectivity index (χ3n) is 2.26. The van der Waals surface area contributed by atoms with Gasteiger partial charge < -0.3 is 25.6 Å². The highest BCUT2D eigenvalue weighted by atomic mass is 16.5. The van der Waals surface area contributed by atoms with Crippen LogP contribution in [-0.4, -0.2) is 88.1 Å². The summed E-state index contributed by atoms with van der Waals surface area (Å²) in [6, 6.07) is 0. The second-order valence-corrected chi connectivity index (χ2v) is 4.27. The van der Waals surface area contributed by atoms with E-state index in [1.54, 1.807) is 0 Å². The Hall–Kier alpha value is -3.33. The Balaban J connectivity index is 0.000000251. The highest BCUT2D eigenvalue weighted by molar-refractivity contribution is 5.77. The van der Waals surface area contributed by atoms with E-state index in [1.165, 1.54) is 22.0 Å². The Morgan fingerprint density at radius 3 is 1.92 bits per heavy atom. The van der Waals surface area contributed by atoms with Crippen molar-refractivity contribution in [3.8, 4) is 0 Å². The number of carbonyl (C=O) groups excluding carboxylic acids is 3. The van der Waals surface area contributed by atoms with Gasteiger partial charge in [-0.1, -0.05) is 0 Å². The number of rotatable bonds is 8. The molecule has 0 aliphatic rings. The number of amides is 2. The molecule has 0 radical (unpaired) electrons. The number of aromatic nitrogens is 8. The number of tetrazole rings is 2. The Bertz CT molecular complexity index is 629. The zero-order valence-electron chi connectivity index (χ0n) is 12.8. The second kappa shape index (κ2) is 11.2. The van der Waals surface area contributed by atoms with Crippen molar-refractivity contribution < 1.29 is 24.6 Å². The molecule has 15 nitrogen and oxygen atoms in total. The second-order valence-electron chi connectivity index (χ2n) is 4.27. The van der Waals surface area contributed by atoms with Crippen molar-refractivity contribution in [2.24, 2.45) is 0 Å². The van der Waals surface area contributed by atoms with Crippen LogP contribution in [0.25, 0.3) is 0 Å². The first-order valence-corrected chi connectivity index (χ1v) is 6.76. The average Bonchev–Trinajstić information content (AvgIpc) is 3.25. The minimum absolute atomic E-state index is 0.0148. The molecule has 0 spiro atoms. The summed E-state index contributed by atoms with van der Waals surface area (Å²) in [5.74, 6) is -0.685. The van der Waals surface area contributed by atoms with Crippen molar-refractivity contribution in [1.82, 2.24) is 51.0 Å². The number of hydrogen-bond donors (Lipinski definition) is 4. The summed E-state index contributed by atoms with van der Waals surface area (Å²) in [6.07, 6.45) is 1.67. The molecule has 2 heterocycles. The molecule has 0 atom stereocenters. The van der Waals surface area contributed by atoms with Gasteiger partial charge in [-0.2, -0.15) is 0 Å². The van der Waals surface area contributed by atoms with Crippen LogP contribution in [0.2, 0.25) is 0 Å². The highest BCUT2D eigenvalue weighted by Gasteiger charge is 2.04. The Morgan fingerprint density at radius 2 is 1.52 bits per heavy atom. The van der Waals surface area contributed by atoms with Gasteiger partial charge in [0.05, 0.1) is 13.1 Å². The summed E-state index contributed by atoms with van der Waals surface area (Å²) in [7, 11) is 0. The number of nitrogens with zero attached hydrogens (tertiary/aromatic N) is 8. The van der Waals surface area contributed by atoms with E-state index in [-0.39, 0.29) is 38.0 Å². The van der Waals surface area contributed by atoms with Crippen LogP contribution in [0.1, 0.15) is 0 Å². The van der Waals surface area contributed by atoms with E-state index in [0.29, 0.717) is 6.29 Å². The maximum absolute atomic E-state index is 11.0. The molecule has 0 fully saturated rings. The summed E-state index contributed by atoms with van der Waals surface area (Å²) in [4.78, 5) is 31.7. The zero-order chi connectivity index (χ0) is 18.5. The Kier molecular flexibility index (Phi) is 8.87. The lowest BCUT2D eigenvalue weighted by molar-refractivity contribution is -0.124. The van der Waals surface area contributed by atoms with Crippen LogP contribution in [0.4, 0.5) is 0 Å². The number of aldehydes is 1. The average molecular weight is 356 g/mol. The van der Waals surface area contributed by atoms with Crippen LogP contribution < -0.4 is 10.6 Å². The standard InChI is InChI=1S/C5H9N5O3.C5H7N5O2/c11-4(6-1-5(12)13)2-10-3-7-8-9-10;11-2-1-6-5(12)3-10-4-7-8-9-10/h3,5,12-13H,1-2H2,(H,6,11);2,4H,1,3H2,(H,6,12). The molecule has 0 bridgehead atoms. The number of aliphatic hydroxyl groups excluding tert-OH is 1. The molecule has 0 aromatic carbocycles. The lowest BCUT2D eigenvalue weighted by atomic mass is 10.5. The van der Waals surface area contributed by atoms with Gasteiger partial charge in [-0.25, -0.2) is 9.36 Å². The van der Waals surface area contributed by atoms with E-state index in [4.69, 9.17) is 10.2 Å². The third kappa shape index (κ3) is 9.41. The molecule has 2 rings (SSSR count). The summed E-state index contributed by atoms with van der Waals surface area (Å²) >= 11 is 0. The lowest BCUT2D eigenvalue weighted by Crippen LogP contribution is -2.34. The van der Waals surface area contributed by atoms with Crippen molar-refractivity contribution in [2.75, 3.05) is 13.1 Å². The van der Waals surface area contributed by atoms with Crippen molar-refractivity contribution in [3.05, 3.63) is 12.7 Å². The summed E-state index contributed by atoms with van der Waals surface area (Å²) in [5, 5.41) is 41.7. The van der Waals surface area contributed by atoms with Gasteiger partial charge in [-0.15, -0.1) is 10.2 Å². The highest BCUT2D eigenvalue weighted by Crippen LogP contribution is 1.79. The number of carbonyl (C=O) groups is 3. The minimum Gasteiger partial charge on any atom is -0.367 e. The molecule has 136 valence electrons. The minimum atomic E-state index is -1.54. The fourth-order valence-corrected chi connectivity index (χ4v) is 1.27. The van der Waals surface area contributed by atoms with E-state index in [0.717, 1.165) is 0 Å².